The van der Waals surface area contributed by atoms with Crippen molar-refractivity contribution in [2.75, 3.05) is 19.0 Å². The molecule has 2 rings (SSSR count). The van der Waals surface area contributed by atoms with Gasteiger partial charge in [0.05, 0.1) is 35.2 Å². The van der Waals surface area contributed by atoms with Gasteiger partial charge in [0.2, 0.25) is 0 Å². The van der Waals surface area contributed by atoms with Crippen LogP contribution in [-0.2, 0) is 9.53 Å². The van der Waals surface area contributed by atoms with E-state index in [1.807, 2.05) is 0 Å². The zero-order chi connectivity index (χ0) is 23.1. The van der Waals surface area contributed by atoms with Crippen LogP contribution in [0.25, 0.3) is 0 Å². The van der Waals surface area contributed by atoms with Crippen LogP contribution >= 0.6 is 0 Å². The normalized spacial score (nSPS) is 11.2. The topological polar surface area (TPSA) is 160 Å². The van der Waals surface area contributed by atoms with Gasteiger partial charge in [0.1, 0.15) is 11.4 Å². The summed E-state index contributed by atoms with van der Waals surface area (Å²) < 4.78 is 15.1. The summed E-state index contributed by atoms with van der Waals surface area (Å²) in [4.78, 5) is 45.7. The van der Waals surface area contributed by atoms with Crippen LogP contribution in [0.5, 0.6) is 11.5 Å². The number of esters is 1. The Morgan fingerprint density at radius 2 is 1.74 bits per heavy atom. The predicted molar refractivity (Wildman–Crippen MR) is 107 cm³/mol. The Morgan fingerprint density at radius 1 is 1.06 bits per heavy atom. The van der Waals surface area contributed by atoms with Crippen LogP contribution in [0.15, 0.2) is 36.4 Å². The van der Waals surface area contributed by atoms with Crippen LogP contribution in [0.3, 0.4) is 0 Å². The zero-order valence-corrected chi connectivity index (χ0v) is 16.8. The molecule has 0 aromatic heterocycles. The van der Waals surface area contributed by atoms with Crippen molar-refractivity contribution < 1.29 is 33.6 Å². The van der Waals surface area contributed by atoms with E-state index in [0.29, 0.717) is 0 Å². The van der Waals surface area contributed by atoms with Crippen LogP contribution < -0.4 is 14.8 Å². The van der Waals surface area contributed by atoms with E-state index in [-0.39, 0.29) is 29.4 Å². The average molecular weight is 433 g/mol. The molecule has 0 spiro atoms. The van der Waals surface area contributed by atoms with Crippen LogP contribution in [-0.4, -0.2) is 41.5 Å². The highest BCUT2D eigenvalue weighted by Gasteiger charge is 2.25. The second-order valence-electron chi connectivity index (χ2n) is 6.05. The Morgan fingerprint density at radius 3 is 2.32 bits per heavy atom. The summed E-state index contributed by atoms with van der Waals surface area (Å²) in [6.07, 6.45) is -1.35. The van der Waals surface area contributed by atoms with Crippen molar-refractivity contribution in [3.63, 3.8) is 0 Å². The number of amides is 1. The number of ether oxygens (including phenoxy) is 3. The molecule has 1 unspecified atom stereocenters. The maximum absolute atomic E-state index is 12.4. The summed E-state index contributed by atoms with van der Waals surface area (Å²) in [7, 11) is 1.34. The van der Waals surface area contributed by atoms with Gasteiger partial charge in [0, 0.05) is 6.07 Å². The first-order valence-electron chi connectivity index (χ1n) is 8.93. The number of nitrogens with zero attached hydrogens (tertiary/aromatic N) is 2. The van der Waals surface area contributed by atoms with Crippen molar-refractivity contribution in [1.82, 2.24) is 0 Å². The molecule has 164 valence electrons. The summed E-state index contributed by atoms with van der Waals surface area (Å²) in [5, 5.41) is 24.7. The molecule has 12 heteroatoms. The van der Waals surface area contributed by atoms with Crippen molar-refractivity contribution in [2.45, 2.75) is 20.0 Å². The Bertz CT molecular complexity index is 1020. The van der Waals surface area contributed by atoms with Gasteiger partial charge in [-0.1, -0.05) is 0 Å². The molecule has 0 saturated carbocycles. The number of nitrogens with one attached hydrogen (secondary N) is 1. The molecular weight excluding hydrogens is 414 g/mol. The molecule has 0 bridgehead atoms. The van der Waals surface area contributed by atoms with Crippen molar-refractivity contribution in [3.8, 4) is 11.5 Å². The molecule has 1 atom stereocenters. The van der Waals surface area contributed by atoms with E-state index in [9.17, 15) is 29.8 Å². The molecule has 0 fully saturated rings. The lowest BCUT2D eigenvalue weighted by Gasteiger charge is -2.14. The third-order valence-electron chi connectivity index (χ3n) is 4.00. The summed E-state index contributed by atoms with van der Waals surface area (Å²) in [5.41, 5.74) is -1.11. The minimum absolute atomic E-state index is 0.0124. The average Bonchev–Trinajstić information content (AvgIpc) is 2.73. The first-order valence-corrected chi connectivity index (χ1v) is 8.93. The fraction of sp³-hybridized carbons (Fsp3) is 0.263. The number of anilines is 1. The van der Waals surface area contributed by atoms with Gasteiger partial charge < -0.3 is 19.5 Å². The molecule has 1 amide bonds. The van der Waals surface area contributed by atoms with Crippen molar-refractivity contribution >= 4 is 28.9 Å². The Balaban J connectivity index is 2.15. The molecule has 12 nitrogen and oxygen atoms in total. The number of methoxy groups -OCH3 is 1. The number of hydrogen-bond acceptors (Lipinski definition) is 9. The van der Waals surface area contributed by atoms with E-state index < -0.39 is 39.2 Å². The third kappa shape index (κ3) is 5.65. The number of hydrogen-bond donors (Lipinski definition) is 1. The second kappa shape index (κ2) is 10.0. The summed E-state index contributed by atoms with van der Waals surface area (Å²) >= 11 is 0. The lowest BCUT2D eigenvalue weighted by atomic mass is 10.2. The number of nitro benzene ring substituents is 2. The van der Waals surface area contributed by atoms with E-state index in [2.05, 4.69) is 5.32 Å². The summed E-state index contributed by atoms with van der Waals surface area (Å²) in [6, 6.07) is 7.32. The largest absolute Gasteiger partial charge is 0.496 e. The predicted octanol–water partition coefficient (Wildman–Crippen LogP) is 3.09. The van der Waals surface area contributed by atoms with Gasteiger partial charge in [-0.25, -0.2) is 4.79 Å². The van der Waals surface area contributed by atoms with E-state index in [1.165, 1.54) is 38.3 Å². The number of carbonyl (C=O) groups excluding carboxylic acids is 2. The monoisotopic (exact) mass is 433 g/mol. The van der Waals surface area contributed by atoms with Gasteiger partial charge in [-0.3, -0.25) is 25.0 Å². The van der Waals surface area contributed by atoms with Gasteiger partial charge >= 0.3 is 11.7 Å². The molecule has 0 saturated heterocycles. The molecule has 31 heavy (non-hydrogen) atoms. The number of nitro groups is 2. The van der Waals surface area contributed by atoms with Crippen LogP contribution in [0.2, 0.25) is 0 Å². The molecule has 0 aliphatic heterocycles. The number of rotatable bonds is 9. The molecule has 2 aromatic carbocycles. The van der Waals surface area contributed by atoms with E-state index >= 15 is 0 Å². The van der Waals surface area contributed by atoms with E-state index in [1.54, 1.807) is 6.92 Å². The number of benzene rings is 2. The molecule has 0 radical (unpaired) electrons. The second-order valence-corrected chi connectivity index (χ2v) is 6.05. The van der Waals surface area contributed by atoms with Crippen molar-refractivity contribution in [1.29, 1.82) is 0 Å². The first kappa shape index (κ1) is 23.1. The minimum Gasteiger partial charge on any atom is -0.496 e. The fourth-order valence-electron chi connectivity index (χ4n) is 2.48. The van der Waals surface area contributed by atoms with Gasteiger partial charge in [0.25, 0.3) is 11.6 Å². The smallest absolute Gasteiger partial charge is 0.339 e. The lowest BCUT2D eigenvalue weighted by Crippen LogP contribution is -2.30. The van der Waals surface area contributed by atoms with Gasteiger partial charge in [-0.2, -0.15) is 0 Å². The number of carbonyl (C=O) groups is 2. The van der Waals surface area contributed by atoms with E-state index in [0.717, 1.165) is 12.1 Å². The minimum atomic E-state index is -1.35. The molecular formula is C19H19N3O9. The molecule has 2 aromatic rings. The maximum atomic E-state index is 12.4. The first-order chi connectivity index (χ1) is 14.7. The SMILES string of the molecule is CCOc1ccc(C(=O)OC(C)C(=O)Nc2ccc(OC)cc2[N+](=O)[O-])cc1[N+](=O)[O-]. The quantitative estimate of drug-likeness (QED) is 0.356. The summed E-state index contributed by atoms with van der Waals surface area (Å²) in [6.45, 7) is 3.10. The van der Waals surface area contributed by atoms with Crippen LogP contribution in [0.1, 0.15) is 24.2 Å². The van der Waals surface area contributed by atoms with Crippen molar-refractivity contribution in [3.05, 3.63) is 62.2 Å². The van der Waals surface area contributed by atoms with Crippen LogP contribution in [0.4, 0.5) is 17.1 Å². The standard InChI is InChI=1S/C19H19N3O9/c1-4-30-17-8-5-12(9-16(17)22(27)28)19(24)31-11(2)18(23)20-14-7-6-13(29-3)10-15(14)21(25)26/h5-11H,4H2,1-3H3,(H,20,23). The molecule has 0 aliphatic rings. The summed E-state index contributed by atoms with van der Waals surface area (Å²) in [5.74, 6) is -1.61. The highest BCUT2D eigenvalue weighted by Crippen LogP contribution is 2.30. The van der Waals surface area contributed by atoms with Gasteiger partial charge in [0.15, 0.2) is 11.9 Å². The third-order valence-corrected chi connectivity index (χ3v) is 4.00. The lowest BCUT2D eigenvalue weighted by molar-refractivity contribution is -0.385. The fourth-order valence-corrected chi connectivity index (χ4v) is 2.48. The maximum Gasteiger partial charge on any atom is 0.339 e. The highest BCUT2D eigenvalue weighted by molar-refractivity contribution is 5.99. The Labute approximate surface area is 176 Å². The molecule has 0 heterocycles. The molecule has 1 N–H and O–H groups in total. The zero-order valence-electron chi connectivity index (χ0n) is 16.8. The Hall–Kier alpha value is -4.22. The highest BCUT2D eigenvalue weighted by atomic mass is 16.6. The van der Waals surface area contributed by atoms with E-state index in [4.69, 9.17) is 14.2 Å². The van der Waals surface area contributed by atoms with Gasteiger partial charge in [-0.05, 0) is 38.1 Å². The van der Waals surface area contributed by atoms with Crippen molar-refractivity contribution in [2.24, 2.45) is 0 Å². The molecule has 0 aliphatic carbocycles. The van der Waals surface area contributed by atoms with Gasteiger partial charge in [-0.15, -0.1) is 0 Å². The Kier molecular flexibility index (Phi) is 7.44. The van der Waals surface area contributed by atoms with Crippen LogP contribution in [0, 0.1) is 20.2 Å².